The number of carbonyl (C=O) groups is 1. The van der Waals surface area contributed by atoms with Crippen molar-refractivity contribution in [2.75, 3.05) is 6.54 Å². The molecule has 1 aliphatic rings. The van der Waals surface area contributed by atoms with Crippen LogP contribution >= 0.6 is 11.3 Å². The summed E-state index contributed by atoms with van der Waals surface area (Å²) < 4.78 is 0. The van der Waals surface area contributed by atoms with Crippen molar-refractivity contribution < 1.29 is 4.79 Å². The Kier molecular flexibility index (Phi) is 5.40. The molecule has 0 bridgehead atoms. The van der Waals surface area contributed by atoms with Crippen molar-refractivity contribution in [3.8, 4) is 0 Å². The number of rotatable bonds is 5. The number of nitrogens with one attached hydrogen (secondary N) is 2. The maximum atomic E-state index is 12.4. The number of carbonyl (C=O) groups excluding carboxylic acids is 1. The molecule has 0 radical (unpaired) electrons. The lowest BCUT2D eigenvalue weighted by Gasteiger charge is -2.30. The maximum Gasteiger partial charge on any atom is 0.237 e. The third-order valence-corrected chi connectivity index (χ3v) is 5.00. The van der Waals surface area contributed by atoms with E-state index in [1.807, 2.05) is 6.07 Å². The monoisotopic (exact) mass is 280 g/mol. The summed E-state index contributed by atoms with van der Waals surface area (Å²) in [5, 5.41) is 8.61. The second-order valence-electron chi connectivity index (χ2n) is 5.29. The summed E-state index contributed by atoms with van der Waals surface area (Å²) in [6.07, 6.45) is 4.29. The summed E-state index contributed by atoms with van der Waals surface area (Å²) in [6.45, 7) is 5.30. The molecule has 2 heterocycles. The van der Waals surface area contributed by atoms with E-state index in [2.05, 4.69) is 35.9 Å². The van der Waals surface area contributed by atoms with E-state index in [0.29, 0.717) is 5.92 Å². The third-order valence-electron chi connectivity index (χ3n) is 4.02. The first-order valence-electron chi connectivity index (χ1n) is 7.31. The van der Waals surface area contributed by atoms with Crippen LogP contribution < -0.4 is 10.6 Å². The van der Waals surface area contributed by atoms with Gasteiger partial charge in [0.05, 0.1) is 12.1 Å². The van der Waals surface area contributed by atoms with E-state index in [1.54, 1.807) is 11.3 Å². The molecule has 1 saturated heterocycles. The molecule has 1 aliphatic heterocycles. The second-order valence-corrected chi connectivity index (χ2v) is 6.27. The lowest BCUT2D eigenvalue weighted by Crippen LogP contribution is -2.49. The van der Waals surface area contributed by atoms with Crippen molar-refractivity contribution in [1.29, 1.82) is 0 Å². The minimum Gasteiger partial charge on any atom is -0.347 e. The predicted molar refractivity (Wildman–Crippen MR) is 80.3 cm³/mol. The van der Waals surface area contributed by atoms with E-state index in [0.717, 1.165) is 19.4 Å². The molecule has 4 heteroatoms. The first-order valence-corrected chi connectivity index (χ1v) is 8.19. The van der Waals surface area contributed by atoms with Crippen molar-refractivity contribution in [1.82, 2.24) is 10.6 Å². The van der Waals surface area contributed by atoms with Gasteiger partial charge < -0.3 is 10.6 Å². The topological polar surface area (TPSA) is 41.1 Å². The van der Waals surface area contributed by atoms with Crippen molar-refractivity contribution in [3.05, 3.63) is 22.4 Å². The molecule has 0 spiro atoms. The fourth-order valence-electron chi connectivity index (χ4n) is 2.70. The number of thiophene rings is 1. The number of amides is 1. The van der Waals surface area contributed by atoms with Crippen LogP contribution in [0.3, 0.4) is 0 Å². The lowest BCUT2D eigenvalue weighted by atomic mass is 9.90. The Labute approximate surface area is 119 Å². The van der Waals surface area contributed by atoms with Crippen LogP contribution in [0.1, 0.15) is 50.4 Å². The zero-order valence-electron chi connectivity index (χ0n) is 11.8. The highest BCUT2D eigenvalue weighted by molar-refractivity contribution is 7.10. The Hall–Kier alpha value is -0.870. The van der Waals surface area contributed by atoms with Crippen molar-refractivity contribution >= 4 is 17.2 Å². The van der Waals surface area contributed by atoms with Gasteiger partial charge in [-0.15, -0.1) is 11.3 Å². The Bertz CT molecular complexity index is 391. The summed E-state index contributed by atoms with van der Waals surface area (Å²) in [4.78, 5) is 13.6. The maximum absolute atomic E-state index is 12.4. The van der Waals surface area contributed by atoms with Gasteiger partial charge in [-0.2, -0.15) is 0 Å². The van der Waals surface area contributed by atoms with Crippen LogP contribution in [0.25, 0.3) is 0 Å². The molecule has 1 amide bonds. The summed E-state index contributed by atoms with van der Waals surface area (Å²) in [7, 11) is 0. The molecule has 2 N–H and O–H groups in total. The van der Waals surface area contributed by atoms with Crippen LogP contribution in [0.5, 0.6) is 0 Å². The fourth-order valence-corrected chi connectivity index (χ4v) is 3.56. The summed E-state index contributed by atoms with van der Waals surface area (Å²) in [5.74, 6) is 0.859. The Morgan fingerprint density at radius 1 is 1.58 bits per heavy atom. The van der Waals surface area contributed by atoms with Crippen molar-refractivity contribution in [2.45, 2.75) is 51.6 Å². The molecule has 1 aromatic heterocycles. The number of hydrogen-bond acceptors (Lipinski definition) is 3. The van der Waals surface area contributed by atoms with E-state index >= 15 is 0 Å². The standard InChI is InChI=1S/C15H24N2OS/c1-3-11-7-8-16-13(10-11)15(18)17-12(4-2)14-6-5-9-19-14/h5-6,9,11-13,16H,3-4,7-8,10H2,1-2H3,(H,17,18). The molecule has 1 fully saturated rings. The highest BCUT2D eigenvalue weighted by Gasteiger charge is 2.27. The van der Waals surface area contributed by atoms with Gasteiger partial charge in [-0.3, -0.25) is 4.79 Å². The molecule has 3 unspecified atom stereocenters. The third kappa shape index (κ3) is 3.80. The van der Waals surface area contributed by atoms with Gasteiger partial charge >= 0.3 is 0 Å². The minimum atomic E-state index is -0.00675. The molecule has 0 aromatic carbocycles. The van der Waals surface area contributed by atoms with Gasteiger partial charge in [-0.05, 0) is 43.2 Å². The van der Waals surface area contributed by atoms with Crippen LogP contribution in [0, 0.1) is 5.92 Å². The molecule has 19 heavy (non-hydrogen) atoms. The quantitative estimate of drug-likeness (QED) is 0.870. The van der Waals surface area contributed by atoms with Crippen LogP contribution in [-0.2, 0) is 4.79 Å². The highest BCUT2D eigenvalue weighted by Crippen LogP contribution is 2.23. The molecule has 106 valence electrons. The van der Waals surface area contributed by atoms with Gasteiger partial charge in [0.2, 0.25) is 5.91 Å². The van der Waals surface area contributed by atoms with Gasteiger partial charge in [0.25, 0.3) is 0 Å². The SMILES string of the molecule is CCC1CCNC(C(=O)NC(CC)c2cccs2)C1. The second kappa shape index (κ2) is 7.06. The van der Waals surface area contributed by atoms with Gasteiger partial charge in [0, 0.05) is 4.88 Å². The van der Waals surface area contributed by atoms with Crippen LogP contribution in [0.4, 0.5) is 0 Å². The first kappa shape index (κ1) is 14.5. The zero-order valence-corrected chi connectivity index (χ0v) is 12.6. The predicted octanol–water partition coefficient (Wildman–Crippen LogP) is 3.09. The highest BCUT2D eigenvalue weighted by atomic mass is 32.1. The van der Waals surface area contributed by atoms with E-state index in [1.165, 1.54) is 17.7 Å². The molecular formula is C15H24N2OS. The summed E-state index contributed by atoms with van der Waals surface area (Å²) >= 11 is 1.71. The minimum absolute atomic E-state index is 0.00675. The van der Waals surface area contributed by atoms with Crippen molar-refractivity contribution in [2.24, 2.45) is 5.92 Å². The molecule has 3 atom stereocenters. The van der Waals surface area contributed by atoms with E-state index in [-0.39, 0.29) is 18.0 Å². The van der Waals surface area contributed by atoms with Gasteiger partial charge in [-0.25, -0.2) is 0 Å². The molecule has 0 aliphatic carbocycles. The van der Waals surface area contributed by atoms with E-state index in [4.69, 9.17) is 0 Å². The van der Waals surface area contributed by atoms with Crippen molar-refractivity contribution in [3.63, 3.8) is 0 Å². The Balaban J connectivity index is 1.92. The van der Waals surface area contributed by atoms with E-state index in [9.17, 15) is 4.79 Å². The fraction of sp³-hybridized carbons (Fsp3) is 0.667. The largest absolute Gasteiger partial charge is 0.347 e. The molecule has 3 nitrogen and oxygen atoms in total. The van der Waals surface area contributed by atoms with Crippen LogP contribution in [0.15, 0.2) is 17.5 Å². The first-order chi connectivity index (χ1) is 9.24. The van der Waals surface area contributed by atoms with Crippen LogP contribution in [-0.4, -0.2) is 18.5 Å². The van der Waals surface area contributed by atoms with Gasteiger partial charge in [0.15, 0.2) is 0 Å². The van der Waals surface area contributed by atoms with Gasteiger partial charge in [0.1, 0.15) is 0 Å². The Morgan fingerprint density at radius 2 is 2.42 bits per heavy atom. The van der Waals surface area contributed by atoms with E-state index < -0.39 is 0 Å². The van der Waals surface area contributed by atoms with Gasteiger partial charge in [-0.1, -0.05) is 26.3 Å². The van der Waals surface area contributed by atoms with Crippen LogP contribution in [0.2, 0.25) is 0 Å². The summed E-state index contributed by atoms with van der Waals surface area (Å²) in [6, 6.07) is 4.30. The summed E-state index contributed by atoms with van der Waals surface area (Å²) in [5.41, 5.74) is 0. The number of piperidine rings is 1. The smallest absolute Gasteiger partial charge is 0.237 e. The molecule has 0 saturated carbocycles. The normalized spacial score (nSPS) is 24.9. The zero-order chi connectivity index (χ0) is 13.7. The Morgan fingerprint density at radius 3 is 3.05 bits per heavy atom. The average molecular weight is 280 g/mol. The molecule has 1 aromatic rings. The average Bonchev–Trinajstić information content (AvgIpc) is 2.98. The number of hydrogen-bond donors (Lipinski definition) is 2. The molecule has 2 rings (SSSR count). The lowest BCUT2D eigenvalue weighted by molar-refractivity contribution is -0.124. The molecular weight excluding hydrogens is 256 g/mol.